The lowest BCUT2D eigenvalue weighted by molar-refractivity contribution is 0.100. The van der Waals surface area contributed by atoms with Gasteiger partial charge < -0.3 is 21.4 Å². The van der Waals surface area contributed by atoms with Gasteiger partial charge in [0.15, 0.2) is 0 Å². The van der Waals surface area contributed by atoms with Gasteiger partial charge in [-0.05, 0) is 49.1 Å². The van der Waals surface area contributed by atoms with Gasteiger partial charge in [-0.15, -0.1) is 0 Å². The topological polar surface area (TPSA) is 109 Å². The summed E-state index contributed by atoms with van der Waals surface area (Å²) >= 11 is 0. The maximum Gasteiger partial charge on any atom is 0.248 e. The van der Waals surface area contributed by atoms with E-state index in [0.29, 0.717) is 11.5 Å². The Morgan fingerprint density at radius 3 is 2.71 bits per heavy atom. The van der Waals surface area contributed by atoms with E-state index >= 15 is 0 Å². The number of primary amides is 1. The number of aromatic nitrogens is 3. The highest BCUT2D eigenvalue weighted by Gasteiger charge is 2.21. The summed E-state index contributed by atoms with van der Waals surface area (Å²) in [6.07, 6.45) is 4.42. The summed E-state index contributed by atoms with van der Waals surface area (Å²) in [6.45, 7) is 0.935. The van der Waals surface area contributed by atoms with Gasteiger partial charge in [0, 0.05) is 24.0 Å². The fraction of sp³-hybridized carbons (Fsp3) is 0.235. The van der Waals surface area contributed by atoms with Crippen molar-refractivity contribution in [1.82, 2.24) is 15.0 Å². The van der Waals surface area contributed by atoms with Crippen molar-refractivity contribution in [1.29, 1.82) is 0 Å². The first-order valence-corrected chi connectivity index (χ1v) is 7.95. The first-order chi connectivity index (χ1) is 11.7. The predicted molar refractivity (Wildman–Crippen MR) is 93.3 cm³/mol. The Morgan fingerprint density at radius 1 is 1.21 bits per heavy atom. The highest BCUT2D eigenvalue weighted by molar-refractivity contribution is 5.93. The van der Waals surface area contributed by atoms with Gasteiger partial charge in [0.25, 0.3) is 0 Å². The molecule has 0 bridgehead atoms. The SMILES string of the molecule is NC(=O)c1ccc(Nc2nc(NCC3CC3)c3cc[nH]c3n2)cc1. The average molecular weight is 322 g/mol. The number of amides is 1. The standard InChI is InChI=1S/C17H18N6O/c18-14(24)11-3-5-12(6-4-11)21-17-22-15-13(7-8-19-15)16(23-17)20-9-10-1-2-10/h3-8,10H,1-2,9H2,(H2,18,24)(H3,19,20,21,22,23). The first kappa shape index (κ1) is 14.5. The number of hydrogen-bond donors (Lipinski definition) is 4. The van der Waals surface area contributed by atoms with Gasteiger partial charge in [-0.25, -0.2) is 0 Å². The molecule has 2 heterocycles. The maximum atomic E-state index is 11.1. The van der Waals surface area contributed by atoms with Crippen LogP contribution in [0.15, 0.2) is 36.5 Å². The lowest BCUT2D eigenvalue weighted by atomic mass is 10.2. The summed E-state index contributed by atoms with van der Waals surface area (Å²) in [5.74, 6) is 1.63. The Balaban J connectivity index is 1.59. The minimum atomic E-state index is -0.447. The number of carbonyl (C=O) groups excluding carboxylic acids is 1. The van der Waals surface area contributed by atoms with Crippen molar-refractivity contribution in [3.63, 3.8) is 0 Å². The van der Waals surface area contributed by atoms with E-state index < -0.39 is 5.91 Å². The Bertz CT molecular complexity index is 882. The molecule has 0 radical (unpaired) electrons. The number of aromatic amines is 1. The minimum Gasteiger partial charge on any atom is -0.369 e. The molecule has 5 N–H and O–H groups in total. The summed E-state index contributed by atoms with van der Waals surface area (Å²) in [5.41, 5.74) is 7.29. The van der Waals surface area contributed by atoms with Crippen LogP contribution in [-0.4, -0.2) is 27.4 Å². The smallest absolute Gasteiger partial charge is 0.248 e. The Morgan fingerprint density at radius 2 is 2.00 bits per heavy atom. The molecule has 1 fully saturated rings. The zero-order chi connectivity index (χ0) is 16.5. The molecule has 0 unspecified atom stereocenters. The number of nitrogens with two attached hydrogens (primary N) is 1. The van der Waals surface area contributed by atoms with Gasteiger partial charge in [-0.1, -0.05) is 0 Å². The van der Waals surface area contributed by atoms with Crippen LogP contribution < -0.4 is 16.4 Å². The van der Waals surface area contributed by atoms with Gasteiger partial charge in [-0.3, -0.25) is 4.79 Å². The van der Waals surface area contributed by atoms with Crippen LogP contribution in [0.1, 0.15) is 23.2 Å². The quantitative estimate of drug-likeness (QED) is 0.558. The molecule has 0 spiro atoms. The van der Waals surface area contributed by atoms with Gasteiger partial charge in [-0.2, -0.15) is 9.97 Å². The zero-order valence-electron chi connectivity index (χ0n) is 13.0. The second-order valence-electron chi connectivity index (χ2n) is 6.03. The molecule has 122 valence electrons. The van der Waals surface area contributed by atoms with Crippen LogP contribution in [0.2, 0.25) is 0 Å². The van der Waals surface area contributed by atoms with Gasteiger partial charge in [0.2, 0.25) is 11.9 Å². The Kier molecular flexibility index (Phi) is 3.53. The number of rotatable bonds is 6. The van der Waals surface area contributed by atoms with Crippen LogP contribution >= 0.6 is 0 Å². The summed E-state index contributed by atoms with van der Waals surface area (Å²) in [5, 5.41) is 7.55. The monoisotopic (exact) mass is 322 g/mol. The highest BCUT2D eigenvalue weighted by Crippen LogP contribution is 2.30. The number of hydrogen-bond acceptors (Lipinski definition) is 5. The third-order valence-corrected chi connectivity index (χ3v) is 4.10. The normalized spacial score (nSPS) is 13.8. The van der Waals surface area contributed by atoms with Crippen LogP contribution in [-0.2, 0) is 0 Å². The summed E-state index contributed by atoms with van der Waals surface area (Å²) in [4.78, 5) is 23.3. The molecule has 7 heteroatoms. The fourth-order valence-corrected chi connectivity index (χ4v) is 2.54. The van der Waals surface area contributed by atoms with Crippen molar-refractivity contribution in [3.8, 4) is 0 Å². The van der Waals surface area contributed by atoms with Crippen molar-refractivity contribution in [3.05, 3.63) is 42.1 Å². The molecule has 1 aliphatic carbocycles. The van der Waals surface area contributed by atoms with Crippen LogP contribution in [0.25, 0.3) is 11.0 Å². The lowest BCUT2D eigenvalue weighted by Crippen LogP contribution is -2.10. The lowest BCUT2D eigenvalue weighted by Gasteiger charge is -2.10. The van der Waals surface area contributed by atoms with Crippen molar-refractivity contribution in [2.24, 2.45) is 11.7 Å². The molecule has 0 aliphatic heterocycles. The molecule has 1 aliphatic rings. The number of nitrogens with one attached hydrogen (secondary N) is 3. The Hall–Kier alpha value is -3.09. The average Bonchev–Trinajstić information content (AvgIpc) is 3.29. The molecule has 2 aromatic heterocycles. The van der Waals surface area contributed by atoms with Gasteiger partial charge in [0.1, 0.15) is 11.5 Å². The number of benzene rings is 1. The number of H-pyrrole nitrogens is 1. The molecular formula is C17H18N6O. The van der Waals surface area contributed by atoms with Gasteiger partial charge >= 0.3 is 0 Å². The summed E-state index contributed by atoms with van der Waals surface area (Å²) in [7, 11) is 0. The molecule has 7 nitrogen and oxygen atoms in total. The first-order valence-electron chi connectivity index (χ1n) is 7.95. The van der Waals surface area contributed by atoms with Crippen molar-refractivity contribution in [2.45, 2.75) is 12.8 Å². The maximum absolute atomic E-state index is 11.1. The van der Waals surface area contributed by atoms with E-state index in [1.165, 1.54) is 12.8 Å². The second kappa shape index (κ2) is 5.84. The largest absolute Gasteiger partial charge is 0.369 e. The molecule has 4 rings (SSSR count). The second-order valence-corrected chi connectivity index (χ2v) is 6.03. The van der Waals surface area contributed by atoms with Crippen molar-refractivity contribution < 1.29 is 4.79 Å². The predicted octanol–water partition coefficient (Wildman–Crippen LogP) is 2.62. The summed E-state index contributed by atoms with van der Waals surface area (Å²) < 4.78 is 0. The van der Waals surface area contributed by atoms with E-state index in [2.05, 4.69) is 25.6 Å². The van der Waals surface area contributed by atoms with Crippen LogP contribution in [0.4, 0.5) is 17.5 Å². The molecule has 24 heavy (non-hydrogen) atoms. The molecule has 3 aromatic rings. The molecule has 0 atom stereocenters. The summed E-state index contributed by atoms with van der Waals surface area (Å²) in [6, 6.07) is 8.86. The number of fused-ring (bicyclic) bond motifs is 1. The molecule has 1 amide bonds. The third-order valence-electron chi connectivity index (χ3n) is 4.10. The number of carbonyl (C=O) groups is 1. The molecule has 0 saturated heterocycles. The van der Waals surface area contributed by atoms with Crippen LogP contribution in [0.5, 0.6) is 0 Å². The number of nitrogens with zero attached hydrogens (tertiary/aromatic N) is 2. The van der Waals surface area contributed by atoms with E-state index in [9.17, 15) is 4.79 Å². The molecular weight excluding hydrogens is 304 g/mol. The van der Waals surface area contributed by atoms with Gasteiger partial charge in [0.05, 0.1) is 5.39 Å². The van der Waals surface area contributed by atoms with Crippen LogP contribution in [0, 0.1) is 5.92 Å². The number of anilines is 3. The van der Waals surface area contributed by atoms with Crippen molar-refractivity contribution >= 4 is 34.4 Å². The van der Waals surface area contributed by atoms with E-state index in [0.717, 1.165) is 35.0 Å². The van der Waals surface area contributed by atoms with Crippen molar-refractivity contribution in [2.75, 3.05) is 17.2 Å². The van der Waals surface area contributed by atoms with E-state index in [1.807, 2.05) is 12.3 Å². The van der Waals surface area contributed by atoms with E-state index in [1.54, 1.807) is 24.3 Å². The highest BCUT2D eigenvalue weighted by atomic mass is 16.1. The van der Waals surface area contributed by atoms with E-state index in [4.69, 9.17) is 5.73 Å². The molecule has 1 saturated carbocycles. The fourth-order valence-electron chi connectivity index (χ4n) is 2.54. The third kappa shape index (κ3) is 3.01. The van der Waals surface area contributed by atoms with Crippen LogP contribution in [0.3, 0.4) is 0 Å². The Labute approximate surface area is 138 Å². The minimum absolute atomic E-state index is 0.447. The molecule has 1 aromatic carbocycles. The zero-order valence-corrected chi connectivity index (χ0v) is 13.0. The van der Waals surface area contributed by atoms with E-state index in [-0.39, 0.29) is 0 Å².